The van der Waals surface area contributed by atoms with E-state index in [-0.39, 0.29) is 0 Å². The molecule has 0 aliphatic rings. The summed E-state index contributed by atoms with van der Waals surface area (Å²) in [6.07, 6.45) is 2.55. The lowest BCUT2D eigenvalue weighted by atomic mass is 10.1. The van der Waals surface area contributed by atoms with Crippen LogP contribution in [-0.4, -0.2) is 12.6 Å². The van der Waals surface area contributed by atoms with Crippen LogP contribution in [0.25, 0.3) is 0 Å². The first kappa shape index (κ1) is 15.0. The summed E-state index contributed by atoms with van der Waals surface area (Å²) in [5, 5.41) is 0. The van der Waals surface area contributed by atoms with Crippen LogP contribution in [0.2, 0.25) is 0 Å². The average molecular weight is 248 g/mol. The van der Waals surface area contributed by atoms with Crippen LogP contribution in [0.4, 0.5) is 5.69 Å². The fraction of sp³-hybridized carbons (Fsp3) is 0.625. The molecule has 0 bridgehead atoms. The molecule has 0 saturated heterocycles. The molecule has 1 aromatic carbocycles. The summed E-state index contributed by atoms with van der Waals surface area (Å²) in [5.74, 6) is 0.790. The van der Waals surface area contributed by atoms with Gasteiger partial charge in [-0.3, -0.25) is 0 Å². The van der Waals surface area contributed by atoms with Crippen LogP contribution in [0.3, 0.4) is 0 Å². The van der Waals surface area contributed by atoms with Gasteiger partial charge in [-0.1, -0.05) is 26.0 Å². The van der Waals surface area contributed by atoms with Gasteiger partial charge in [0.25, 0.3) is 0 Å². The molecular formula is C16H28N2. The highest BCUT2D eigenvalue weighted by Gasteiger charge is 2.10. The van der Waals surface area contributed by atoms with E-state index in [0.717, 1.165) is 12.5 Å². The highest BCUT2D eigenvalue weighted by Crippen LogP contribution is 2.19. The molecule has 0 radical (unpaired) electrons. The van der Waals surface area contributed by atoms with E-state index < -0.39 is 0 Å². The molecule has 0 atom stereocenters. The summed E-state index contributed by atoms with van der Waals surface area (Å²) in [4.78, 5) is 2.47. The van der Waals surface area contributed by atoms with Crippen LogP contribution < -0.4 is 10.6 Å². The third-order valence-electron chi connectivity index (χ3n) is 3.31. The van der Waals surface area contributed by atoms with Gasteiger partial charge in [0, 0.05) is 24.8 Å². The first-order chi connectivity index (χ1) is 8.54. The summed E-state index contributed by atoms with van der Waals surface area (Å²) >= 11 is 0. The number of rotatable bonds is 7. The fourth-order valence-corrected chi connectivity index (χ4v) is 2.18. The van der Waals surface area contributed by atoms with Crippen LogP contribution in [0, 0.1) is 5.92 Å². The fourth-order valence-electron chi connectivity index (χ4n) is 2.18. The third-order valence-corrected chi connectivity index (χ3v) is 3.31. The Bertz CT molecular complexity index is 327. The van der Waals surface area contributed by atoms with Gasteiger partial charge in [-0.15, -0.1) is 0 Å². The average Bonchev–Trinajstić information content (AvgIpc) is 2.34. The number of hydrogen-bond donors (Lipinski definition) is 1. The molecule has 2 nitrogen and oxygen atoms in total. The number of nitrogens with two attached hydrogens (primary N) is 1. The number of nitrogens with zero attached hydrogens (tertiary/aromatic N) is 1. The van der Waals surface area contributed by atoms with Crippen molar-refractivity contribution in [3.63, 3.8) is 0 Å². The van der Waals surface area contributed by atoms with Gasteiger partial charge in [0.05, 0.1) is 0 Å². The third kappa shape index (κ3) is 4.69. The Hall–Kier alpha value is -1.02. The number of anilines is 1. The lowest BCUT2D eigenvalue weighted by molar-refractivity contribution is 0.537. The van der Waals surface area contributed by atoms with E-state index in [2.05, 4.69) is 56.9 Å². The van der Waals surface area contributed by atoms with Crippen molar-refractivity contribution in [3.05, 3.63) is 29.8 Å². The van der Waals surface area contributed by atoms with Gasteiger partial charge in [0.15, 0.2) is 0 Å². The topological polar surface area (TPSA) is 29.3 Å². The van der Waals surface area contributed by atoms with E-state index in [1.165, 1.54) is 24.1 Å². The summed E-state index contributed by atoms with van der Waals surface area (Å²) in [7, 11) is 0. The molecule has 1 rings (SSSR count). The van der Waals surface area contributed by atoms with Gasteiger partial charge in [0.1, 0.15) is 0 Å². The molecule has 2 N–H and O–H groups in total. The van der Waals surface area contributed by atoms with E-state index in [0.29, 0.717) is 12.6 Å². The second-order valence-corrected chi connectivity index (χ2v) is 5.69. The normalized spacial score (nSPS) is 11.3. The van der Waals surface area contributed by atoms with Gasteiger partial charge in [0.2, 0.25) is 0 Å². The van der Waals surface area contributed by atoms with Crippen LogP contribution in [0.15, 0.2) is 24.3 Å². The number of hydrogen-bond acceptors (Lipinski definition) is 2. The lowest BCUT2D eigenvalue weighted by Crippen LogP contribution is -2.31. The van der Waals surface area contributed by atoms with E-state index >= 15 is 0 Å². The standard InChI is InChI=1S/C16H28N2/c1-13(2)6-5-11-18(14(3)4)16-9-7-15(12-17)8-10-16/h7-10,13-14H,5-6,11-12,17H2,1-4H3. The first-order valence-electron chi connectivity index (χ1n) is 7.10. The molecular weight excluding hydrogens is 220 g/mol. The summed E-state index contributed by atoms with van der Waals surface area (Å²) in [6, 6.07) is 9.19. The van der Waals surface area contributed by atoms with Crippen molar-refractivity contribution in [3.8, 4) is 0 Å². The minimum Gasteiger partial charge on any atom is -0.369 e. The van der Waals surface area contributed by atoms with Crippen LogP contribution in [-0.2, 0) is 6.54 Å². The Balaban J connectivity index is 2.65. The second kappa shape index (κ2) is 7.42. The van der Waals surface area contributed by atoms with Crippen molar-refractivity contribution in [2.45, 2.75) is 53.1 Å². The SMILES string of the molecule is CC(C)CCCN(c1ccc(CN)cc1)C(C)C. The van der Waals surface area contributed by atoms with Gasteiger partial charge in [-0.25, -0.2) is 0 Å². The summed E-state index contributed by atoms with van der Waals surface area (Å²) in [5.41, 5.74) is 8.15. The van der Waals surface area contributed by atoms with E-state index in [4.69, 9.17) is 5.73 Å². The highest BCUT2D eigenvalue weighted by molar-refractivity contribution is 5.48. The Morgan fingerprint density at radius 3 is 2.11 bits per heavy atom. The van der Waals surface area contributed by atoms with E-state index in [9.17, 15) is 0 Å². The Labute approximate surface area is 112 Å². The molecule has 18 heavy (non-hydrogen) atoms. The second-order valence-electron chi connectivity index (χ2n) is 5.69. The van der Waals surface area contributed by atoms with Crippen LogP contribution in [0.5, 0.6) is 0 Å². The van der Waals surface area contributed by atoms with Crippen molar-refractivity contribution in [2.24, 2.45) is 11.7 Å². The molecule has 0 spiro atoms. The summed E-state index contributed by atoms with van der Waals surface area (Å²) in [6.45, 7) is 10.8. The monoisotopic (exact) mass is 248 g/mol. The van der Waals surface area contributed by atoms with Gasteiger partial charge in [-0.05, 0) is 50.3 Å². The minimum atomic E-state index is 0.542. The largest absolute Gasteiger partial charge is 0.369 e. The molecule has 102 valence electrons. The van der Waals surface area contributed by atoms with Gasteiger partial charge >= 0.3 is 0 Å². The maximum absolute atomic E-state index is 5.64. The zero-order valence-corrected chi connectivity index (χ0v) is 12.3. The maximum atomic E-state index is 5.64. The smallest absolute Gasteiger partial charge is 0.0368 e. The molecule has 0 saturated carbocycles. The molecule has 0 aliphatic heterocycles. The van der Waals surface area contributed by atoms with Crippen molar-refractivity contribution in [1.82, 2.24) is 0 Å². The maximum Gasteiger partial charge on any atom is 0.0368 e. The number of benzene rings is 1. The van der Waals surface area contributed by atoms with Crippen LogP contribution >= 0.6 is 0 Å². The zero-order chi connectivity index (χ0) is 13.5. The molecule has 0 aliphatic carbocycles. The Morgan fingerprint density at radius 2 is 1.67 bits per heavy atom. The first-order valence-corrected chi connectivity index (χ1v) is 7.10. The Morgan fingerprint density at radius 1 is 1.06 bits per heavy atom. The zero-order valence-electron chi connectivity index (χ0n) is 12.3. The predicted octanol–water partition coefficient (Wildman–Crippen LogP) is 3.80. The quantitative estimate of drug-likeness (QED) is 0.795. The van der Waals surface area contributed by atoms with Crippen LogP contribution in [0.1, 0.15) is 46.1 Å². The van der Waals surface area contributed by atoms with Crippen molar-refractivity contribution in [2.75, 3.05) is 11.4 Å². The molecule has 0 unspecified atom stereocenters. The molecule has 0 heterocycles. The minimum absolute atomic E-state index is 0.542. The lowest BCUT2D eigenvalue weighted by Gasteiger charge is -2.29. The Kier molecular flexibility index (Phi) is 6.20. The van der Waals surface area contributed by atoms with Gasteiger partial charge in [-0.2, -0.15) is 0 Å². The molecule has 2 heteroatoms. The molecule has 0 aromatic heterocycles. The summed E-state index contributed by atoms with van der Waals surface area (Å²) < 4.78 is 0. The van der Waals surface area contributed by atoms with Crippen molar-refractivity contribution in [1.29, 1.82) is 0 Å². The van der Waals surface area contributed by atoms with Gasteiger partial charge < -0.3 is 10.6 Å². The van der Waals surface area contributed by atoms with E-state index in [1.54, 1.807) is 0 Å². The molecule has 1 aromatic rings. The van der Waals surface area contributed by atoms with Crippen molar-refractivity contribution >= 4 is 5.69 Å². The van der Waals surface area contributed by atoms with Crippen molar-refractivity contribution < 1.29 is 0 Å². The van der Waals surface area contributed by atoms with E-state index in [1.807, 2.05) is 0 Å². The highest BCUT2D eigenvalue weighted by atomic mass is 15.1. The predicted molar refractivity (Wildman–Crippen MR) is 80.9 cm³/mol. The molecule has 0 fully saturated rings. The molecule has 0 amide bonds.